The van der Waals surface area contributed by atoms with Crippen LogP contribution in [0.2, 0.25) is 0 Å². The zero-order valence-corrected chi connectivity index (χ0v) is 12.3. The monoisotopic (exact) mass is 281 g/mol. The topological polar surface area (TPSA) is 38.3 Å². The molecule has 2 rings (SSSR count). The molecule has 0 aliphatic heterocycles. The second-order valence-electron chi connectivity index (χ2n) is 4.62. The standard InChI is InChI=1S/C18H19NO2/c1-3-21-18(20)13-17(15-10-5-4-6-11-15)19-16-12-8-7-9-14(16)2/h4-13,19H,3H2,1-2H3/b17-13+. The highest BCUT2D eigenvalue weighted by molar-refractivity contribution is 5.94. The van der Waals surface area contributed by atoms with Crippen LogP contribution in [0.25, 0.3) is 5.70 Å². The number of anilines is 1. The van der Waals surface area contributed by atoms with Gasteiger partial charge in [0.25, 0.3) is 0 Å². The summed E-state index contributed by atoms with van der Waals surface area (Å²) in [6.45, 7) is 4.18. The molecule has 0 saturated heterocycles. The van der Waals surface area contributed by atoms with Gasteiger partial charge in [0, 0.05) is 11.8 Å². The maximum Gasteiger partial charge on any atom is 0.332 e. The molecule has 0 aliphatic rings. The van der Waals surface area contributed by atoms with E-state index in [1.807, 2.05) is 61.5 Å². The summed E-state index contributed by atoms with van der Waals surface area (Å²) in [4.78, 5) is 11.8. The van der Waals surface area contributed by atoms with Gasteiger partial charge in [-0.2, -0.15) is 0 Å². The maximum atomic E-state index is 11.8. The molecule has 108 valence electrons. The van der Waals surface area contributed by atoms with Crippen molar-refractivity contribution in [2.75, 3.05) is 11.9 Å². The minimum Gasteiger partial charge on any atom is -0.463 e. The van der Waals surface area contributed by atoms with E-state index in [2.05, 4.69) is 5.32 Å². The molecule has 0 bridgehead atoms. The number of aryl methyl sites for hydroxylation is 1. The van der Waals surface area contributed by atoms with Crippen LogP contribution in [0, 0.1) is 6.92 Å². The summed E-state index contributed by atoms with van der Waals surface area (Å²) < 4.78 is 5.01. The summed E-state index contributed by atoms with van der Waals surface area (Å²) in [5, 5.41) is 3.31. The van der Waals surface area contributed by atoms with Gasteiger partial charge in [-0.3, -0.25) is 0 Å². The van der Waals surface area contributed by atoms with Crippen LogP contribution in [0.4, 0.5) is 5.69 Å². The first-order valence-electron chi connectivity index (χ1n) is 6.97. The van der Waals surface area contributed by atoms with E-state index in [4.69, 9.17) is 4.74 Å². The van der Waals surface area contributed by atoms with Gasteiger partial charge in [0.1, 0.15) is 0 Å². The minimum atomic E-state index is -0.350. The van der Waals surface area contributed by atoms with E-state index in [-0.39, 0.29) is 5.97 Å². The summed E-state index contributed by atoms with van der Waals surface area (Å²) in [5.41, 5.74) is 3.75. The molecule has 2 aromatic rings. The van der Waals surface area contributed by atoms with Crippen molar-refractivity contribution in [2.45, 2.75) is 13.8 Å². The Morgan fingerprint density at radius 1 is 1.10 bits per heavy atom. The second-order valence-corrected chi connectivity index (χ2v) is 4.62. The van der Waals surface area contributed by atoms with Crippen molar-refractivity contribution in [1.82, 2.24) is 0 Å². The van der Waals surface area contributed by atoms with Gasteiger partial charge in [-0.25, -0.2) is 4.79 Å². The highest BCUT2D eigenvalue weighted by atomic mass is 16.5. The lowest BCUT2D eigenvalue weighted by molar-refractivity contribution is -0.137. The van der Waals surface area contributed by atoms with Crippen molar-refractivity contribution < 1.29 is 9.53 Å². The SMILES string of the molecule is CCOC(=O)/C=C(/Nc1ccccc1C)c1ccccc1. The van der Waals surface area contributed by atoms with Gasteiger partial charge >= 0.3 is 5.97 Å². The molecule has 0 aliphatic carbocycles. The van der Waals surface area contributed by atoms with Crippen LogP contribution < -0.4 is 5.32 Å². The Kier molecular flexibility index (Phi) is 5.16. The molecule has 0 saturated carbocycles. The van der Waals surface area contributed by atoms with Crippen LogP contribution in [0.15, 0.2) is 60.7 Å². The second kappa shape index (κ2) is 7.29. The molecular formula is C18H19NO2. The van der Waals surface area contributed by atoms with Crippen molar-refractivity contribution in [3.05, 3.63) is 71.8 Å². The van der Waals surface area contributed by atoms with E-state index in [0.717, 1.165) is 22.5 Å². The molecule has 0 heterocycles. The van der Waals surface area contributed by atoms with Crippen molar-refractivity contribution in [1.29, 1.82) is 0 Å². The van der Waals surface area contributed by atoms with Crippen LogP contribution in [-0.2, 0) is 9.53 Å². The average Bonchev–Trinajstić information content (AvgIpc) is 2.50. The minimum absolute atomic E-state index is 0.350. The van der Waals surface area contributed by atoms with Crippen LogP contribution in [0.5, 0.6) is 0 Å². The Labute approximate surface area is 125 Å². The normalized spacial score (nSPS) is 11.0. The highest BCUT2D eigenvalue weighted by Crippen LogP contribution is 2.21. The van der Waals surface area contributed by atoms with Crippen molar-refractivity contribution in [2.24, 2.45) is 0 Å². The molecule has 21 heavy (non-hydrogen) atoms. The van der Waals surface area contributed by atoms with Gasteiger partial charge in [-0.1, -0.05) is 48.5 Å². The lowest BCUT2D eigenvalue weighted by Gasteiger charge is -2.13. The molecule has 3 nitrogen and oxygen atoms in total. The molecule has 0 fully saturated rings. The van der Waals surface area contributed by atoms with E-state index >= 15 is 0 Å². The first-order chi connectivity index (χ1) is 10.2. The predicted molar refractivity (Wildman–Crippen MR) is 85.9 cm³/mol. The van der Waals surface area contributed by atoms with Crippen LogP contribution >= 0.6 is 0 Å². The molecule has 0 aromatic heterocycles. The Morgan fingerprint density at radius 3 is 2.43 bits per heavy atom. The number of carbonyl (C=O) groups excluding carboxylic acids is 1. The lowest BCUT2D eigenvalue weighted by atomic mass is 10.1. The quantitative estimate of drug-likeness (QED) is 0.664. The summed E-state index contributed by atoms with van der Waals surface area (Å²) in [7, 11) is 0. The lowest BCUT2D eigenvalue weighted by Crippen LogP contribution is -2.06. The van der Waals surface area contributed by atoms with Crippen LogP contribution in [0.1, 0.15) is 18.1 Å². The van der Waals surface area contributed by atoms with Crippen LogP contribution in [0.3, 0.4) is 0 Å². The predicted octanol–water partition coefficient (Wildman–Crippen LogP) is 4.01. The van der Waals surface area contributed by atoms with E-state index in [9.17, 15) is 4.79 Å². The van der Waals surface area contributed by atoms with Gasteiger partial charge in [0.15, 0.2) is 0 Å². The highest BCUT2D eigenvalue weighted by Gasteiger charge is 2.07. The zero-order valence-electron chi connectivity index (χ0n) is 12.3. The largest absolute Gasteiger partial charge is 0.463 e. The number of nitrogens with one attached hydrogen (secondary N) is 1. The fraction of sp³-hybridized carbons (Fsp3) is 0.167. The molecule has 3 heteroatoms. The summed E-state index contributed by atoms with van der Waals surface area (Å²) in [6, 6.07) is 17.7. The fourth-order valence-corrected chi connectivity index (χ4v) is 1.97. The Bertz CT molecular complexity index is 633. The number of hydrogen-bond acceptors (Lipinski definition) is 3. The number of esters is 1. The smallest absolute Gasteiger partial charge is 0.332 e. The zero-order chi connectivity index (χ0) is 15.1. The molecule has 0 spiro atoms. The van der Waals surface area contributed by atoms with Gasteiger partial charge < -0.3 is 10.1 Å². The van der Waals surface area contributed by atoms with Crippen molar-refractivity contribution in [3.8, 4) is 0 Å². The van der Waals surface area contributed by atoms with Crippen LogP contribution in [-0.4, -0.2) is 12.6 Å². The molecule has 0 unspecified atom stereocenters. The third kappa shape index (κ3) is 4.21. The number of hydrogen-bond donors (Lipinski definition) is 1. The molecule has 2 aromatic carbocycles. The van der Waals surface area contributed by atoms with Crippen molar-refractivity contribution >= 4 is 17.4 Å². The first kappa shape index (κ1) is 14.9. The number of carbonyl (C=O) groups is 1. The number of benzene rings is 2. The molecule has 1 N–H and O–H groups in total. The van der Waals surface area contributed by atoms with E-state index < -0.39 is 0 Å². The van der Waals surface area contributed by atoms with Gasteiger partial charge in [0.05, 0.1) is 12.3 Å². The maximum absolute atomic E-state index is 11.8. The van der Waals surface area contributed by atoms with Gasteiger partial charge in [-0.15, -0.1) is 0 Å². The fourth-order valence-electron chi connectivity index (χ4n) is 1.97. The summed E-state index contributed by atoms with van der Waals surface area (Å²) in [5.74, 6) is -0.350. The summed E-state index contributed by atoms with van der Waals surface area (Å²) >= 11 is 0. The number of ether oxygens (including phenoxy) is 1. The molecular weight excluding hydrogens is 262 g/mol. The Hall–Kier alpha value is -2.55. The molecule has 0 atom stereocenters. The Balaban J connectivity index is 2.33. The van der Waals surface area contributed by atoms with Gasteiger partial charge in [-0.05, 0) is 31.0 Å². The molecule has 0 amide bonds. The number of para-hydroxylation sites is 1. The summed E-state index contributed by atoms with van der Waals surface area (Å²) in [6.07, 6.45) is 1.49. The number of rotatable bonds is 5. The average molecular weight is 281 g/mol. The first-order valence-corrected chi connectivity index (χ1v) is 6.97. The van der Waals surface area contributed by atoms with Crippen molar-refractivity contribution in [3.63, 3.8) is 0 Å². The van der Waals surface area contributed by atoms with E-state index in [1.165, 1.54) is 6.08 Å². The van der Waals surface area contributed by atoms with E-state index in [0.29, 0.717) is 6.61 Å². The van der Waals surface area contributed by atoms with E-state index in [1.54, 1.807) is 6.92 Å². The Morgan fingerprint density at radius 2 is 1.76 bits per heavy atom. The van der Waals surface area contributed by atoms with Gasteiger partial charge in [0.2, 0.25) is 0 Å². The third-order valence-electron chi connectivity index (χ3n) is 3.05. The molecule has 0 radical (unpaired) electrons. The third-order valence-corrected chi connectivity index (χ3v) is 3.05.